The number of sulfonamides is 1. The molecule has 194 valence electrons. The number of hydrogen-bond acceptors (Lipinski definition) is 8. The Hall–Kier alpha value is -1.89. The van der Waals surface area contributed by atoms with Crippen LogP contribution in [0.15, 0.2) is 12.4 Å². The first-order valence-electron chi connectivity index (χ1n) is 12.2. The highest BCUT2D eigenvalue weighted by molar-refractivity contribution is 7.90. The summed E-state index contributed by atoms with van der Waals surface area (Å²) in [6.07, 6.45) is 4.86. The molecular weight excluding hydrogens is 479 g/mol. The zero-order chi connectivity index (χ0) is 25.0. The Morgan fingerprint density at radius 3 is 2.60 bits per heavy atom. The Bertz CT molecular complexity index is 1050. The van der Waals surface area contributed by atoms with Crippen LogP contribution in [0.1, 0.15) is 45.4 Å². The molecule has 2 saturated carbocycles. The number of amides is 1. The molecule has 2 saturated heterocycles. The highest BCUT2D eigenvalue weighted by Crippen LogP contribution is 2.66. The van der Waals surface area contributed by atoms with E-state index in [1.54, 1.807) is 4.90 Å². The summed E-state index contributed by atoms with van der Waals surface area (Å²) in [5.74, 6) is 0.983. The van der Waals surface area contributed by atoms with Gasteiger partial charge in [-0.1, -0.05) is 6.92 Å². The lowest BCUT2D eigenvalue weighted by Crippen LogP contribution is -2.54. The van der Waals surface area contributed by atoms with E-state index in [0.29, 0.717) is 24.1 Å². The van der Waals surface area contributed by atoms with E-state index in [9.17, 15) is 17.6 Å². The summed E-state index contributed by atoms with van der Waals surface area (Å²) in [6, 6.07) is -1.14. The number of nitrogens with zero attached hydrogens (tertiary/aromatic N) is 3. The highest BCUT2D eigenvalue weighted by Gasteiger charge is 2.66. The quantitative estimate of drug-likeness (QED) is 0.585. The predicted molar refractivity (Wildman–Crippen MR) is 122 cm³/mol. The highest BCUT2D eigenvalue weighted by atomic mass is 32.2. The van der Waals surface area contributed by atoms with Crippen LogP contribution in [0.3, 0.4) is 0 Å². The first-order chi connectivity index (χ1) is 16.7. The van der Waals surface area contributed by atoms with E-state index in [1.807, 2.05) is 6.92 Å². The normalized spacial score (nSPS) is 37.0. The van der Waals surface area contributed by atoms with Crippen molar-refractivity contribution in [3.63, 3.8) is 0 Å². The summed E-state index contributed by atoms with van der Waals surface area (Å²) in [4.78, 5) is 22.6. The van der Waals surface area contributed by atoms with Crippen LogP contribution in [0, 0.1) is 17.7 Å². The lowest BCUT2D eigenvalue weighted by atomic mass is 9.85. The Labute approximate surface area is 205 Å². The van der Waals surface area contributed by atoms with Crippen molar-refractivity contribution in [2.24, 2.45) is 11.8 Å². The van der Waals surface area contributed by atoms with Crippen LogP contribution in [0.2, 0.25) is 0 Å². The number of fused-ring (bicyclic) bond motifs is 1. The minimum Gasteiger partial charge on any atom is -0.453 e. The van der Waals surface area contributed by atoms with Crippen LogP contribution < -0.4 is 4.72 Å². The van der Waals surface area contributed by atoms with Crippen molar-refractivity contribution < 1.29 is 31.8 Å². The van der Waals surface area contributed by atoms with E-state index >= 15 is 0 Å². The number of likely N-dealkylation sites (tertiary alicyclic amines) is 1. The summed E-state index contributed by atoms with van der Waals surface area (Å²) in [5, 5.41) is -0.567. The van der Waals surface area contributed by atoms with Gasteiger partial charge >= 0.3 is 6.09 Å². The second kappa shape index (κ2) is 9.20. The van der Waals surface area contributed by atoms with E-state index in [1.165, 1.54) is 19.5 Å². The molecule has 7 atom stereocenters. The molecule has 2 aliphatic heterocycles. The SMILES string of the molecule is COC(=O)N1[C@H](C)C[C@H](NS(=O)(=O)C2COC2)[C@@H]1CO[C@H]1CC[C@]2(c3ncc(F)cn3)C(C1)[C@@H]2C. The number of nitrogens with one attached hydrogen (secondary N) is 1. The molecule has 1 unspecified atom stereocenters. The summed E-state index contributed by atoms with van der Waals surface area (Å²) >= 11 is 0. The molecule has 1 N–H and O–H groups in total. The average Bonchev–Trinajstić information content (AvgIpc) is 3.25. The van der Waals surface area contributed by atoms with Crippen LogP contribution in [0.25, 0.3) is 0 Å². The van der Waals surface area contributed by atoms with Gasteiger partial charge in [-0.3, -0.25) is 4.90 Å². The third-order valence-corrected chi connectivity index (χ3v) is 10.3. The molecule has 1 aromatic rings. The third kappa shape index (κ3) is 4.32. The van der Waals surface area contributed by atoms with Crippen LogP contribution in [-0.2, 0) is 29.6 Å². The van der Waals surface area contributed by atoms with Crippen molar-refractivity contribution in [1.82, 2.24) is 19.6 Å². The van der Waals surface area contributed by atoms with E-state index in [0.717, 1.165) is 19.3 Å². The number of hydrogen-bond donors (Lipinski definition) is 1. The van der Waals surface area contributed by atoms with Crippen LogP contribution in [-0.4, -0.2) is 85.8 Å². The second-order valence-electron chi connectivity index (χ2n) is 10.3. The molecule has 4 aliphatic rings. The van der Waals surface area contributed by atoms with Crippen molar-refractivity contribution in [3.8, 4) is 0 Å². The molecule has 3 heterocycles. The molecule has 0 bridgehead atoms. The molecule has 35 heavy (non-hydrogen) atoms. The summed E-state index contributed by atoms with van der Waals surface area (Å²) < 4.78 is 58.0. The minimum atomic E-state index is -3.56. The number of carbonyl (C=O) groups excluding carboxylic acids is 1. The summed E-state index contributed by atoms with van der Waals surface area (Å²) in [6.45, 7) is 4.63. The van der Waals surface area contributed by atoms with Gasteiger partial charge in [0.1, 0.15) is 11.1 Å². The van der Waals surface area contributed by atoms with Gasteiger partial charge in [-0.05, 0) is 44.4 Å². The predicted octanol–water partition coefficient (Wildman–Crippen LogP) is 1.60. The number of methoxy groups -OCH3 is 1. The molecule has 10 nitrogen and oxygen atoms in total. The molecule has 4 fully saturated rings. The Kier molecular flexibility index (Phi) is 6.52. The average molecular weight is 513 g/mol. The molecule has 1 aromatic heterocycles. The lowest BCUT2D eigenvalue weighted by molar-refractivity contribution is -0.0105. The standard InChI is InChI=1S/C23H33FN4O6S/c1-13-6-19(27-35(30,31)17-10-33-11-17)20(28(13)22(29)32-3)12-34-16-4-5-23(14(2)18(23)7-16)21-25-8-15(24)9-26-21/h8-9,13-14,16-20,27H,4-7,10-12H2,1-3H3/t13-,14+,16+,18?,19+,20+,23-/m1/s1. The molecule has 5 rings (SSSR count). The van der Waals surface area contributed by atoms with Gasteiger partial charge in [-0.25, -0.2) is 32.3 Å². The largest absolute Gasteiger partial charge is 0.453 e. The second-order valence-corrected chi connectivity index (χ2v) is 12.3. The van der Waals surface area contributed by atoms with Crippen LogP contribution in [0.5, 0.6) is 0 Å². The van der Waals surface area contributed by atoms with Crippen molar-refractivity contribution in [2.75, 3.05) is 26.9 Å². The summed E-state index contributed by atoms with van der Waals surface area (Å²) in [5.41, 5.74) is -0.128. The number of halogens is 1. The molecule has 0 aromatic carbocycles. The zero-order valence-electron chi connectivity index (χ0n) is 20.2. The molecule has 0 spiro atoms. The fourth-order valence-electron chi connectivity index (χ4n) is 6.38. The van der Waals surface area contributed by atoms with E-state index in [4.69, 9.17) is 14.2 Å². The Morgan fingerprint density at radius 2 is 2.00 bits per heavy atom. The lowest BCUT2D eigenvalue weighted by Gasteiger charge is -2.33. The Morgan fingerprint density at radius 1 is 1.29 bits per heavy atom. The third-order valence-electron chi connectivity index (χ3n) is 8.54. The molecule has 2 aliphatic carbocycles. The minimum absolute atomic E-state index is 0.0220. The zero-order valence-corrected chi connectivity index (χ0v) is 21.0. The smallest absolute Gasteiger partial charge is 0.410 e. The van der Waals surface area contributed by atoms with Crippen molar-refractivity contribution >= 4 is 16.1 Å². The number of carbonyl (C=O) groups is 1. The van der Waals surface area contributed by atoms with Gasteiger partial charge in [-0.2, -0.15) is 0 Å². The molecular formula is C23H33FN4O6S. The summed E-state index contributed by atoms with van der Waals surface area (Å²) in [7, 11) is -2.24. The molecule has 0 radical (unpaired) electrons. The number of rotatable bonds is 7. The number of ether oxygens (including phenoxy) is 3. The van der Waals surface area contributed by atoms with E-state index in [-0.39, 0.29) is 37.4 Å². The first kappa shape index (κ1) is 24.8. The van der Waals surface area contributed by atoms with Gasteiger partial charge in [0.2, 0.25) is 10.0 Å². The maximum absolute atomic E-state index is 13.3. The van der Waals surface area contributed by atoms with Crippen molar-refractivity contribution in [2.45, 2.75) is 74.4 Å². The maximum Gasteiger partial charge on any atom is 0.410 e. The molecule has 12 heteroatoms. The van der Waals surface area contributed by atoms with Gasteiger partial charge in [0, 0.05) is 17.5 Å². The Balaban J connectivity index is 1.25. The fraction of sp³-hybridized carbons (Fsp3) is 0.783. The van der Waals surface area contributed by atoms with E-state index < -0.39 is 39.3 Å². The topological polar surface area (TPSA) is 120 Å². The van der Waals surface area contributed by atoms with Gasteiger partial charge in [0.15, 0.2) is 5.82 Å². The maximum atomic E-state index is 13.3. The van der Waals surface area contributed by atoms with Gasteiger partial charge < -0.3 is 14.2 Å². The molecule has 1 amide bonds. The van der Waals surface area contributed by atoms with Gasteiger partial charge in [-0.15, -0.1) is 0 Å². The fourth-order valence-corrected chi connectivity index (χ4v) is 7.80. The first-order valence-corrected chi connectivity index (χ1v) is 13.8. The van der Waals surface area contributed by atoms with Gasteiger partial charge in [0.25, 0.3) is 0 Å². The van der Waals surface area contributed by atoms with Crippen LogP contribution in [0.4, 0.5) is 9.18 Å². The van der Waals surface area contributed by atoms with Crippen LogP contribution >= 0.6 is 0 Å². The van der Waals surface area contributed by atoms with Crippen molar-refractivity contribution in [3.05, 3.63) is 24.0 Å². The van der Waals surface area contributed by atoms with E-state index in [2.05, 4.69) is 21.6 Å². The van der Waals surface area contributed by atoms with Crippen molar-refractivity contribution in [1.29, 1.82) is 0 Å². The monoisotopic (exact) mass is 512 g/mol. The van der Waals surface area contributed by atoms with Gasteiger partial charge in [0.05, 0.1) is 51.5 Å². The number of aromatic nitrogens is 2.